The second-order valence-corrected chi connectivity index (χ2v) is 9.50. The minimum Gasteiger partial charge on any atom is -0.392 e. The largest absolute Gasteiger partial charge is 0.392 e. The third-order valence-electron chi connectivity index (χ3n) is 5.75. The van der Waals surface area contributed by atoms with Gasteiger partial charge < -0.3 is 10.1 Å². The molecule has 0 bridgehead atoms. The van der Waals surface area contributed by atoms with Gasteiger partial charge >= 0.3 is 0 Å². The van der Waals surface area contributed by atoms with E-state index >= 15 is 0 Å². The molecule has 5 heteroatoms. The van der Waals surface area contributed by atoms with Crippen LogP contribution in [0.2, 0.25) is 0 Å². The van der Waals surface area contributed by atoms with Gasteiger partial charge in [-0.05, 0) is 67.5 Å². The number of halogens is 1. The molecule has 2 heterocycles. The number of aromatic amines is 1. The minimum atomic E-state index is -0.0825. The summed E-state index contributed by atoms with van der Waals surface area (Å²) >= 11 is 5.01. The van der Waals surface area contributed by atoms with E-state index in [2.05, 4.69) is 66.0 Å². The number of hydrogen-bond donors (Lipinski definition) is 2. The molecule has 0 aliphatic carbocycles. The van der Waals surface area contributed by atoms with Crippen molar-refractivity contribution in [3.8, 4) is 11.1 Å². The summed E-state index contributed by atoms with van der Waals surface area (Å²) in [4.78, 5) is 15.5. The van der Waals surface area contributed by atoms with Crippen molar-refractivity contribution < 1.29 is 5.11 Å². The first-order valence-corrected chi connectivity index (χ1v) is 11.0. The molecule has 0 saturated carbocycles. The molecule has 0 atom stereocenters. The summed E-state index contributed by atoms with van der Waals surface area (Å²) in [6.45, 7) is 6.62. The third-order valence-corrected chi connectivity index (χ3v) is 7.29. The van der Waals surface area contributed by atoms with E-state index in [9.17, 15) is 9.90 Å². The van der Waals surface area contributed by atoms with Crippen LogP contribution < -0.4 is 5.56 Å². The Bertz CT molecular complexity index is 1240. The van der Waals surface area contributed by atoms with Gasteiger partial charge in [-0.3, -0.25) is 4.79 Å². The molecule has 0 radical (unpaired) electrons. The Balaban J connectivity index is 2.07. The van der Waals surface area contributed by atoms with Crippen LogP contribution >= 0.6 is 27.3 Å². The molecule has 0 aliphatic rings. The lowest BCUT2D eigenvalue weighted by atomic mass is 9.81. The van der Waals surface area contributed by atoms with Gasteiger partial charge in [0.05, 0.1) is 12.1 Å². The number of H-pyrrole nitrogens is 1. The van der Waals surface area contributed by atoms with Crippen LogP contribution in [0.15, 0.2) is 51.0 Å². The molecule has 0 amide bonds. The van der Waals surface area contributed by atoms with Crippen LogP contribution in [0.25, 0.3) is 32.1 Å². The van der Waals surface area contributed by atoms with Gasteiger partial charge in [0.15, 0.2) is 0 Å². The van der Waals surface area contributed by atoms with E-state index in [1.807, 2.05) is 17.5 Å². The fourth-order valence-corrected chi connectivity index (χ4v) is 5.06. The Morgan fingerprint density at radius 3 is 2.54 bits per heavy atom. The fourth-order valence-electron chi connectivity index (χ4n) is 3.69. The van der Waals surface area contributed by atoms with E-state index < -0.39 is 0 Å². The van der Waals surface area contributed by atoms with Crippen LogP contribution in [0.1, 0.15) is 38.3 Å². The Kier molecular flexibility index (Phi) is 4.94. The van der Waals surface area contributed by atoms with Crippen molar-refractivity contribution in [1.29, 1.82) is 0 Å². The SMILES string of the molecule is CCC(C)(C)c1ccc(-c2c(CO)cc(Br)c3[nH]c(=O)c4sccc4c23)cc1. The summed E-state index contributed by atoms with van der Waals surface area (Å²) in [5.74, 6) is 0. The molecule has 0 fully saturated rings. The van der Waals surface area contributed by atoms with Gasteiger partial charge in [-0.15, -0.1) is 11.3 Å². The Hall–Kier alpha value is -1.95. The standard InChI is InChI=1S/C23H22BrNO2S/c1-4-23(2,3)15-7-5-13(6-8-15)18-14(12-26)11-17(24)20-19(18)16-9-10-28-21(16)22(27)25-20/h5-11,26H,4,12H2,1-3H3,(H,25,27). The first-order chi connectivity index (χ1) is 13.4. The molecule has 0 unspecified atom stereocenters. The third kappa shape index (κ3) is 3.02. The number of rotatable bonds is 4. The maximum Gasteiger partial charge on any atom is 0.266 e. The molecule has 0 aliphatic heterocycles. The highest BCUT2D eigenvalue weighted by molar-refractivity contribution is 9.10. The van der Waals surface area contributed by atoms with Crippen molar-refractivity contribution >= 4 is 48.3 Å². The molecule has 2 aromatic heterocycles. The molecule has 144 valence electrons. The second-order valence-electron chi connectivity index (χ2n) is 7.73. The van der Waals surface area contributed by atoms with Crippen molar-refractivity contribution in [3.05, 3.63) is 67.7 Å². The van der Waals surface area contributed by atoms with E-state index in [4.69, 9.17) is 0 Å². The van der Waals surface area contributed by atoms with Crippen molar-refractivity contribution in [2.45, 2.75) is 39.2 Å². The van der Waals surface area contributed by atoms with E-state index in [1.165, 1.54) is 16.9 Å². The highest BCUT2D eigenvalue weighted by Gasteiger charge is 2.20. The average Bonchev–Trinajstić information content (AvgIpc) is 3.19. The number of thiophene rings is 1. The van der Waals surface area contributed by atoms with Crippen molar-refractivity contribution in [2.24, 2.45) is 0 Å². The zero-order valence-electron chi connectivity index (χ0n) is 16.1. The van der Waals surface area contributed by atoms with E-state index in [1.54, 1.807) is 0 Å². The zero-order chi connectivity index (χ0) is 20.1. The number of hydrogen-bond acceptors (Lipinski definition) is 3. The lowest BCUT2D eigenvalue weighted by molar-refractivity contribution is 0.282. The van der Waals surface area contributed by atoms with Gasteiger partial charge in [0.1, 0.15) is 4.70 Å². The number of aliphatic hydroxyl groups excluding tert-OH is 1. The van der Waals surface area contributed by atoms with Crippen molar-refractivity contribution in [2.75, 3.05) is 0 Å². The fraction of sp³-hybridized carbons (Fsp3) is 0.261. The van der Waals surface area contributed by atoms with Gasteiger partial charge in [-0.2, -0.15) is 0 Å². The van der Waals surface area contributed by atoms with E-state index in [-0.39, 0.29) is 17.6 Å². The predicted octanol–water partition coefficient (Wildman–Crippen LogP) is 6.35. The van der Waals surface area contributed by atoms with E-state index in [0.717, 1.165) is 43.9 Å². The maximum absolute atomic E-state index is 12.5. The highest BCUT2D eigenvalue weighted by atomic mass is 79.9. The molecule has 4 aromatic rings. The molecular formula is C23H22BrNO2S. The first kappa shape index (κ1) is 19.4. The van der Waals surface area contributed by atoms with Gasteiger partial charge in [-0.25, -0.2) is 0 Å². The number of fused-ring (bicyclic) bond motifs is 3. The summed E-state index contributed by atoms with van der Waals surface area (Å²) in [7, 11) is 0. The lowest BCUT2D eigenvalue weighted by Crippen LogP contribution is -2.15. The van der Waals surface area contributed by atoms with E-state index in [0.29, 0.717) is 4.70 Å². The molecule has 0 saturated heterocycles. The van der Waals surface area contributed by atoms with Gasteiger partial charge in [-0.1, -0.05) is 45.0 Å². The number of pyridine rings is 1. The average molecular weight is 456 g/mol. The smallest absolute Gasteiger partial charge is 0.266 e. The topological polar surface area (TPSA) is 53.1 Å². The molecule has 2 aromatic carbocycles. The Labute approximate surface area is 176 Å². The predicted molar refractivity (Wildman–Crippen MR) is 122 cm³/mol. The van der Waals surface area contributed by atoms with Crippen LogP contribution in [0, 0.1) is 0 Å². The van der Waals surface area contributed by atoms with Crippen LogP contribution in [-0.2, 0) is 12.0 Å². The lowest BCUT2D eigenvalue weighted by Gasteiger charge is -2.24. The summed E-state index contributed by atoms with van der Waals surface area (Å²) in [5, 5.41) is 13.9. The Morgan fingerprint density at radius 2 is 1.89 bits per heavy atom. The highest BCUT2D eigenvalue weighted by Crippen LogP contribution is 2.40. The van der Waals surface area contributed by atoms with Crippen LogP contribution in [0.4, 0.5) is 0 Å². The van der Waals surface area contributed by atoms with Crippen LogP contribution in [-0.4, -0.2) is 10.1 Å². The van der Waals surface area contributed by atoms with Crippen molar-refractivity contribution in [3.63, 3.8) is 0 Å². The summed E-state index contributed by atoms with van der Waals surface area (Å²) in [6.07, 6.45) is 1.06. The van der Waals surface area contributed by atoms with Crippen LogP contribution in [0.3, 0.4) is 0 Å². The molecule has 0 spiro atoms. The minimum absolute atomic E-state index is 0.0726. The van der Waals surface area contributed by atoms with Gasteiger partial charge in [0.2, 0.25) is 0 Å². The Morgan fingerprint density at radius 1 is 1.18 bits per heavy atom. The summed E-state index contributed by atoms with van der Waals surface area (Å²) < 4.78 is 1.49. The monoisotopic (exact) mass is 455 g/mol. The number of aromatic nitrogens is 1. The zero-order valence-corrected chi connectivity index (χ0v) is 18.5. The molecule has 4 rings (SSSR count). The summed E-state index contributed by atoms with van der Waals surface area (Å²) in [5.41, 5.74) is 4.94. The van der Waals surface area contributed by atoms with Gasteiger partial charge in [0, 0.05) is 15.2 Å². The number of aliphatic hydroxyl groups is 1. The summed E-state index contributed by atoms with van der Waals surface area (Å²) in [6, 6.07) is 12.5. The maximum atomic E-state index is 12.5. The number of benzene rings is 2. The molecule has 2 N–H and O–H groups in total. The second kappa shape index (κ2) is 7.14. The number of nitrogens with one attached hydrogen (secondary N) is 1. The molecule has 3 nitrogen and oxygen atoms in total. The normalized spacial score (nSPS) is 12.2. The van der Waals surface area contributed by atoms with Crippen LogP contribution in [0.5, 0.6) is 0 Å². The quantitative estimate of drug-likeness (QED) is 0.376. The van der Waals surface area contributed by atoms with Crippen molar-refractivity contribution in [1.82, 2.24) is 4.98 Å². The first-order valence-electron chi connectivity index (χ1n) is 9.33. The molecule has 28 heavy (non-hydrogen) atoms. The van der Waals surface area contributed by atoms with Gasteiger partial charge in [0.25, 0.3) is 5.56 Å². The molecular weight excluding hydrogens is 434 g/mol.